The lowest BCUT2D eigenvalue weighted by Gasteiger charge is -2.16. The van der Waals surface area contributed by atoms with Crippen molar-refractivity contribution in [2.75, 3.05) is 31.3 Å². The molecule has 8 heteroatoms. The molecule has 2 heterocycles. The fourth-order valence-corrected chi connectivity index (χ4v) is 4.32. The lowest BCUT2D eigenvalue weighted by molar-refractivity contribution is -0.116. The molecule has 0 aliphatic carbocycles. The van der Waals surface area contributed by atoms with Crippen LogP contribution >= 0.6 is 0 Å². The van der Waals surface area contributed by atoms with Crippen LogP contribution in [-0.2, 0) is 11.4 Å². The Morgan fingerprint density at radius 1 is 1.05 bits per heavy atom. The highest BCUT2D eigenvalue weighted by Crippen LogP contribution is 2.34. The number of aromatic nitrogens is 2. The number of carbonyl (C=O) groups is 1. The van der Waals surface area contributed by atoms with Gasteiger partial charge >= 0.3 is 0 Å². The summed E-state index contributed by atoms with van der Waals surface area (Å²) >= 11 is 0. The minimum atomic E-state index is -0.0367. The smallest absolute Gasteiger partial charge is 0.224 e. The summed E-state index contributed by atoms with van der Waals surface area (Å²) in [6.07, 6.45) is 4.55. The molecular formula is C31H34N6O2. The molecule has 200 valence electrons. The third-order valence-corrected chi connectivity index (χ3v) is 6.54. The highest BCUT2D eigenvalue weighted by Gasteiger charge is 2.14. The zero-order chi connectivity index (χ0) is 27.9. The first-order valence-corrected chi connectivity index (χ1v) is 12.9. The van der Waals surface area contributed by atoms with Crippen molar-refractivity contribution in [2.45, 2.75) is 40.2 Å². The Bertz CT molecular complexity index is 1540. The van der Waals surface area contributed by atoms with E-state index in [0.717, 1.165) is 57.7 Å². The van der Waals surface area contributed by atoms with Gasteiger partial charge in [-0.3, -0.25) is 14.8 Å². The van der Waals surface area contributed by atoms with E-state index < -0.39 is 0 Å². The van der Waals surface area contributed by atoms with Crippen LogP contribution in [0.25, 0.3) is 10.9 Å². The van der Waals surface area contributed by atoms with Crippen LogP contribution in [0.15, 0.2) is 54.9 Å². The first-order chi connectivity index (χ1) is 18.7. The molecule has 2 aromatic heterocycles. The fraction of sp³-hybridized carbons (Fsp3) is 0.290. The van der Waals surface area contributed by atoms with Crippen molar-refractivity contribution in [1.82, 2.24) is 14.9 Å². The number of nitrogens with one attached hydrogen (secondary N) is 2. The fourth-order valence-electron chi connectivity index (χ4n) is 4.32. The van der Waals surface area contributed by atoms with Crippen molar-refractivity contribution < 1.29 is 9.53 Å². The Balaban J connectivity index is 1.58. The zero-order valence-electron chi connectivity index (χ0n) is 23.1. The van der Waals surface area contributed by atoms with Crippen molar-refractivity contribution in [3.05, 3.63) is 82.8 Å². The van der Waals surface area contributed by atoms with E-state index in [4.69, 9.17) is 4.74 Å². The third kappa shape index (κ3) is 6.89. The molecule has 2 N–H and O–H groups in total. The van der Waals surface area contributed by atoms with Gasteiger partial charge < -0.3 is 20.3 Å². The number of aryl methyl sites for hydroxylation is 3. The van der Waals surface area contributed by atoms with Gasteiger partial charge in [-0.15, -0.1) is 0 Å². The highest BCUT2D eigenvalue weighted by molar-refractivity contribution is 6.01. The molecule has 0 aliphatic heterocycles. The highest BCUT2D eigenvalue weighted by atomic mass is 16.5. The first-order valence-electron chi connectivity index (χ1n) is 12.9. The number of nitrogens with zero attached hydrogens (tertiary/aromatic N) is 4. The molecule has 4 rings (SSSR count). The van der Waals surface area contributed by atoms with E-state index in [2.05, 4.69) is 31.6 Å². The minimum absolute atomic E-state index is 0.0367. The molecule has 39 heavy (non-hydrogen) atoms. The molecule has 0 aliphatic rings. The van der Waals surface area contributed by atoms with Crippen LogP contribution in [0.3, 0.4) is 0 Å². The van der Waals surface area contributed by atoms with Gasteiger partial charge in [0.05, 0.1) is 22.5 Å². The summed E-state index contributed by atoms with van der Waals surface area (Å²) < 4.78 is 6.04. The van der Waals surface area contributed by atoms with Crippen LogP contribution in [0.2, 0.25) is 0 Å². The first kappa shape index (κ1) is 27.6. The van der Waals surface area contributed by atoms with Crippen molar-refractivity contribution in [2.24, 2.45) is 0 Å². The zero-order valence-corrected chi connectivity index (χ0v) is 23.1. The molecule has 0 fully saturated rings. The van der Waals surface area contributed by atoms with E-state index in [-0.39, 0.29) is 5.91 Å². The molecule has 1 amide bonds. The number of amides is 1. The van der Waals surface area contributed by atoms with Crippen molar-refractivity contribution in [1.29, 1.82) is 5.26 Å². The number of anilines is 3. The molecule has 8 nitrogen and oxygen atoms in total. The molecule has 0 bridgehead atoms. The number of fused-ring (bicyclic) bond motifs is 1. The van der Waals surface area contributed by atoms with Crippen LogP contribution in [0.5, 0.6) is 5.75 Å². The van der Waals surface area contributed by atoms with Gasteiger partial charge in [0.15, 0.2) is 0 Å². The number of carbonyl (C=O) groups excluding carboxylic acids is 1. The summed E-state index contributed by atoms with van der Waals surface area (Å²) in [6, 6.07) is 15.8. The summed E-state index contributed by atoms with van der Waals surface area (Å²) in [5.41, 5.74) is 7.16. The van der Waals surface area contributed by atoms with Gasteiger partial charge in [-0.25, -0.2) is 0 Å². The molecule has 0 saturated carbocycles. The monoisotopic (exact) mass is 522 g/mol. The lowest BCUT2D eigenvalue weighted by Crippen LogP contribution is -2.17. The average molecular weight is 523 g/mol. The van der Waals surface area contributed by atoms with Gasteiger partial charge in [0.25, 0.3) is 0 Å². The quantitative estimate of drug-likeness (QED) is 0.262. The summed E-state index contributed by atoms with van der Waals surface area (Å²) in [7, 11) is 3.98. The lowest BCUT2D eigenvalue weighted by atomic mass is 10.0. The number of pyridine rings is 2. The molecule has 0 unspecified atom stereocenters. The summed E-state index contributed by atoms with van der Waals surface area (Å²) in [4.78, 5) is 23.5. The second-order valence-electron chi connectivity index (χ2n) is 9.96. The third-order valence-electron chi connectivity index (χ3n) is 6.54. The van der Waals surface area contributed by atoms with Gasteiger partial charge in [0.2, 0.25) is 5.91 Å². The summed E-state index contributed by atoms with van der Waals surface area (Å²) in [5, 5.41) is 17.0. The van der Waals surface area contributed by atoms with Crippen LogP contribution in [-0.4, -0.2) is 41.4 Å². The maximum absolute atomic E-state index is 12.6. The Labute approximate surface area is 229 Å². The largest absolute Gasteiger partial charge is 0.487 e. The van der Waals surface area contributed by atoms with Crippen LogP contribution in [0, 0.1) is 32.1 Å². The molecule has 0 atom stereocenters. The number of benzene rings is 2. The van der Waals surface area contributed by atoms with Crippen LogP contribution in [0.1, 0.15) is 40.8 Å². The van der Waals surface area contributed by atoms with Crippen LogP contribution in [0.4, 0.5) is 17.1 Å². The summed E-state index contributed by atoms with van der Waals surface area (Å²) in [5.74, 6) is 0.728. The number of hydrogen-bond donors (Lipinski definition) is 2. The van der Waals surface area contributed by atoms with E-state index in [9.17, 15) is 10.1 Å². The summed E-state index contributed by atoms with van der Waals surface area (Å²) in [6.45, 7) is 7.17. The van der Waals surface area contributed by atoms with E-state index >= 15 is 0 Å². The number of rotatable bonds is 10. The Kier molecular flexibility index (Phi) is 8.74. The maximum atomic E-state index is 12.6. The van der Waals surface area contributed by atoms with Gasteiger partial charge in [0.1, 0.15) is 18.4 Å². The number of hydrogen-bond acceptors (Lipinski definition) is 7. The normalized spacial score (nSPS) is 10.9. The minimum Gasteiger partial charge on any atom is -0.487 e. The molecule has 0 spiro atoms. The topological polar surface area (TPSA) is 103 Å². The van der Waals surface area contributed by atoms with Crippen molar-refractivity contribution in [3.8, 4) is 11.8 Å². The van der Waals surface area contributed by atoms with Crippen molar-refractivity contribution >= 4 is 33.9 Å². The Morgan fingerprint density at radius 3 is 2.59 bits per heavy atom. The molecule has 2 aromatic carbocycles. The van der Waals surface area contributed by atoms with Gasteiger partial charge in [0, 0.05) is 35.6 Å². The Hall–Kier alpha value is -4.48. The van der Waals surface area contributed by atoms with Crippen LogP contribution < -0.4 is 15.4 Å². The molecular weight excluding hydrogens is 488 g/mol. The number of nitriles is 1. The van der Waals surface area contributed by atoms with Gasteiger partial charge in [-0.2, -0.15) is 5.26 Å². The van der Waals surface area contributed by atoms with Gasteiger partial charge in [-0.05, 0) is 101 Å². The SMILES string of the molecule is Cc1cc2ncc(C#N)c(Nc3ccc(OCc4ncccc4C)c(C)c3)c2cc1NC(=O)CCCN(C)C. The van der Waals surface area contributed by atoms with E-state index in [1.54, 1.807) is 12.4 Å². The molecule has 4 aromatic rings. The second-order valence-corrected chi connectivity index (χ2v) is 9.96. The van der Waals surface area contributed by atoms with Gasteiger partial charge in [-0.1, -0.05) is 6.07 Å². The number of ether oxygens (including phenoxy) is 1. The molecule has 0 radical (unpaired) electrons. The molecule has 0 saturated heterocycles. The van der Waals surface area contributed by atoms with E-state index in [0.29, 0.717) is 30.0 Å². The maximum Gasteiger partial charge on any atom is 0.224 e. The predicted octanol–water partition coefficient (Wildman–Crippen LogP) is 6.03. The average Bonchev–Trinajstić information content (AvgIpc) is 2.89. The van der Waals surface area contributed by atoms with Crippen molar-refractivity contribution in [3.63, 3.8) is 0 Å². The Morgan fingerprint density at radius 2 is 1.87 bits per heavy atom. The predicted molar refractivity (Wildman–Crippen MR) is 155 cm³/mol. The standard InChI is InChI=1S/C31H34N6O2/c1-20-8-6-12-33-28(20)19-39-29-11-10-24(14-22(29)3)35-31-23(17-32)18-34-27-15-21(2)26(16-25(27)31)36-30(38)9-7-13-37(4)5/h6,8,10-12,14-16,18H,7,9,13,19H2,1-5H3,(H,34,35)(H,36,38). The van der Waals surface area contributed by atoms with E-state index in [1.165, 1.54) is 0 Å². The second kappa shape index (κ2) is 12.4. The van der Waals surface area contributed by atoms with E-state index in [1.807, 2.05) is 77.3 Å².